The molecule has 48 heavy (non-hydrogen) atoms. The van der Waals surface area contributed by atoms with Gasteiger partial charge in [-0.05, 0) is 95.7 Å². The number of anilines is 2. The summed E-state index contributed by atoms with van der Waals surface area (Å²) in [6, 6.07) is 26.8. The molecule has 5 aromatic rings. The van der Waals surface area contributed by atoms with Crippen LogP contribution in [-0.2, 0) is 17.2 Å². The number of rotatable bonds is 11. The number of hydrogen-bond acceptors (Lipinski definition) is 7. The average Bonchev–Trinajstić information content (AvgIpc) is 3.48. The van der Waals surface area contributed by atoms with Crippen molar-refractivity contribution < 1.29 is 14.3 Å². The Kier molecular flexibility index (Phi) is 10.4. The maximum atomic E-state index is 14.3. The molecule has 1 aliphatic heterocycles. The van der Waals surface area contributed by atoms with E-state index in [2.05, 4.69) is 26.6 Å². The summed E-state index contributed by atoms with van der Waals surface area (Å²) in [6.45, 7) is 8.63. The predicted octanol–water partition coefficient (Wildman–Crippen LogP) is 9.51. The van der Waals surface area contributed by atoms with Crippen LogP contribution in [0.1, 0.15) is 47.7 Å². The number of aryl methyl sites for hydroxylation is 1. The number of benzene rings is 4. The van der Waals surface area contributed by atoms with Crippen LogP contribution < -0.4 is 20.1 Å². The van der Waals surface area contributed by atoms with Gasteiger partial charge in [-0.15, -0.1) is 5.10 Å². The van der Waals surface area contributed by atoms with Gasteiger partial charge in [-0.3, -0.25) is 4.79 Å². The maximum Gasteiger partial charge on any atom is 0.255 e. The van der Waals surface area contributed by atoms with Gasteiger partial charge in [0.15, 0.2) is 11.5 Å². The van der Waals surface area contributed by atoms with Crippen molar-refractivity contribution in [3.05, 3.63) is 134 Å². The van der Waals surface area contributed by atoms with Gasteiger partial charge < -0.3 is 20.1 Å². The molecule has 246 valence electrons. The number of ether oxygens (including phenoxy) is 2. The van der Waals surface area contributed by atoms with Crippen molar-refractivity contribution >= 4 is 56.8 Å². The highest BCUT2D eigenvalue weighted by molar-refractivity contribution is 9.10. The second-order valence-electron chi connectivity index (χ2n) is 11.3. The van der Waals surface area contributed by atoms with Crippen LogP contribution in [-0.4, -0.2) is 27.3 Å². The first-order chi connectivity index (χ1) is 23.2. The number of fused-ring (bicyclic) bond motifs is 1. The van der Waals surface area contributed by atoms with Crippen LogP contribution in [0, 0.1) is 13.8 Å². The lowest BCUT2D eigenvalue weighted by atomic mass is 9.94. The van der Waals surface area contributed by atoms with Crippen molar-refractivity contribution in [1.29, 1.82) is 0 Å². The summed E-state index contributed by atoms with van der Waals surface area (Å²) in [5.41, 5.74) is 6.82. The van der Waals surface area contributed by atoms with Crippen molar-refractivity contribution in [2.45, 2.75) is 51.3 Å². The zero-order chi connectivity index (χ0) is 33.8. The molecule has 2 heterocycles. The number of carbonyl (C=O) groups is 1. The third-order valence-corrected chi connectivity index (χ3v) is 9.96. The number of hydrogen-bond donors (Lipinski definition) is 2. The summed E-state index contributed by atoms with van der Waals surface area (Å²) in [7, 11) is 0. The van der Waals surface area contributed by atoms with Crippen LogP contribution >= 0.6 is 39.3 Å². The van der Waals surface area contributed by atoms with E-state index in [9.17, 15) is 4.79 Å². The van der Waals surface area contributed by atoms with Gasteiger partial charge in [0, 0.05) is 22.2 Å². The third-order valence-electron chi connectivity index (χ3n) is 8.12. The first-order valence-electron chi connectivity index (χ1n) is 15.5. The number of aromatic nitrogens is 3. The molecule has 0 spiro atoms. The highest BCUT2D eigenvalue weighted by atomic mass is 79.9. The fraction of sp³-hybridized carbons (Fsp3) is 0.216. The Morgan fingerprint density at radius 3 is 2.56 bits per heavy atom. The molecule has 1 aliphatic rings. The molecule has 4 aromatic carbocycles. The third kappa shape index (κ3) is 7.26. The highest BCUT2D eigenvalue weighted by Gasteiger charge is 2.36. The number of allylic oxidation sites excluding steroid dienone is 1. The first kappa shape index (κ1) is 33.6. The molecular weight excluding hydrogens is 710 g/mol. The van der Waals surface area contributed by atoms with Crippen LogP contribution in [0.25, 0.3) is 0 Å². The quantitative estimate of drug-likeness (QED) is 0.130. The molecule has 0 saturated carbocycles. The van der Waals surface area contributed by atoms with E-state index in [0.29, 0.717) is 62.3 Å². The Bertz CT molecular complexity index is 2000. The molecule has 2 N–H and O–H groups in total. The molecule has 0 saturated heterocycles. The Labute approximate surface area is 298 Å². The summed E-state index contributed by atoms with van der Waals surface area (Å²) in [5, 5.41) is 12.7. The summed E-state index contributed by atoms with van der Waals surface area (Å²) < 4.78 is 14.9. The zero-order valence-electron chi connectivity index (χ0n) is 27.0. The molecule has 1 aromatic heterocycles. The lowest BCUT2D eigenvalue weighted by Crippen LogP contribution is -2.31. The monoisotopic (exact) mass is 743 g/mol. The van der Waals surface area contributed by atoms with E-state index in [4.69, 9.17) is 31.2 Å². The topological polar surface area (TPSA) is 90.3 Å². The smallest absolute Gasteiger partial charge is 0.255 e. The summed E-state index contributed by atoms with van der Waals surface area (Å²) in [6.07, 6.45) is 0. The standard InChI is InChI=1S/C37H35BrClN5O3S/c1-5-46-31-19-27(18-28(38)34(31)47-20-25-13-7-6-8-14-25)33-32(35(45)41-30-17-11-12-22(2)23(30)3)24(4)40-36-42-37(43-44(33)36)48-21-26-15-9-10-16-29(26)39/h6-19,33H,5,20-21H2,1-4H3,(H,41,45)(H,40,42,43). The normalized spacial score (nSPS) is 13.9. The molecule has 0 fully saturated rings. The van der Waals surface area contributed by atoms with Crippen LogP contribution in [0.5, 0.6) is 11.5 Å². The largest absolute Gasteiger partial charge is 0.490 e. The Hall–Kier alpha value is -4.25. The number of nitrogens with one attached hydrogen (secondary N) is 2. The molecule has 1 unspecified atom stereocenters. The van der Waals surface area contributed by atoms with E-state index in [1.807, 2.05) is 113 Å². The molecule has 0 bridgehead atoms. The van der Waals surface area contributed by atoms with Crippen LogP contribution in [0.15, 0.2) is 106 Å². The lowest BCUT2D eigenvalue weighted by molar-refractivity contribution is -0.113. The minimum Gasteiger partial charge on any atom is -0.490 e. The summed E-state index contributed by atoms with van der Waals surface area (Å²) in [4.78, 5) is 19.1. The zero-order valence-corrected chi connectivity index (χ0v) is 30.2. The van der Waals surface area contributed by atoms with Crippen molar-refractivity contribution in [3.63, 3.8) is 0 Å². The van der Waals surface area contributed by atoms with Gasteiger partial charge in [0.1, 0.15) is 12.6 Å². The van der Waals surface area contributed by atoms with Crippen LogP contribution in [0.4, 0.5) is 11.6 Å². The molecule has 8 nitrogen and oxygen atoms in total. The minimum atomic E-state index is -0.632. The molecule has 6 rings (SSSR count). The highest BCUT2D eigenvalue weighted by Crippen LogP contribution is 2.44. The van der Waals surface area contributed by atoms with E-state index < -0.39 is 6.04 Å². The summed E-state index contributed by atoms with van der Waals surface area (Å²) >= 11 is 11.7. The van der Waals surface area contributed by atoms with Gasteiger partial charge in [0.2, 0.25) is 11.1 Å². The minimum absolute atomic E-state index is 0.247. The number of nitrogens with zero attached hydrogens (tertiary/aromatic N) is 3. The fourth-order valence-corrected chi connectivity index (χ4v) is 7.20. The van der Waals surface area contributed by atoms with Gasteiger partial charge in [-0.2, -0.15) is 4.98 Å². The van der Waals surface area contributed by atoms with E-state index in [0.717, 1.165) is 33.5 Å². The van der Waals surface area contributed by atoms with Crippen molar-refractivity contribution in [2.24, 2.45) is 0 Å². The second-order valence-corrected chi connectivity index (χ2v) is 13.6. The lowest BCUT2D eigenvalue weighted by Gasteiger charge is -2.29. The van der Waals surface area contributed by atoms with Crippen molar-refractivity contribution in [3.8, 4) is 11.5 Å². The SMILES string of the molecule is CCOc1cc(C2C(C(=O)Nc3cccc(C)c3C)=C(C)Nc3nc(SCc4ccccc4Cl)nn32)cc(Br)c1OCc1ccccc1. The summed E-state index contributed by atoms with van der Waals surface area (Å²) in [5.74, 6) is 2.01. The van der Waals surface area contributed by atoms with Gasteiger partial charge >= 0.3 is 0 Å². The number of halogens is 2. The van der Waals surface area contributed by atoms with Crippen LogP contribution in [0.3, 0.4) is 0 Å². The number of amides is 1. The predicted molar refractivity (Wildman–Crippen MR) is 196 cm³/mol. The van der Waals surface area contributed by atoms with Crippen LogP contribution in [0.2, 0.25) is 5.02 Å². The van der Waals surface area contributed by atoms with Gasteiger partial charge in [0.25, 0.3) is 5.91 Å². The Morgan fingerprint density at radius 1 is 1.02 bits per heavy atom. The van der Waals surface area contributed by atoms with E-state index in [-0.39, 0.29) is 5.91 Å². The Morgan fingerprint density at radius 2 is 1.79 bits per heavy atom. The van der Waals surface area contributed by atoms with Gasteiger partial charge in [0.05, 0.1) is 16.7 Å². The van der Waals surface area contributed by atoms with Crippen molar-refractivity contribution in [2.75, 3.05) is 17.2 Å². The molecule has 1 amide bonds. The fourth-order valence-electron chi connectivity index (χ4n) is 5.51. The molecule has 0 aliphatic carbocycles. The number of carbonyl (C=O) groups excluding carboxylic acids is 1. The molecule has 0 radical (unpaired) electrons. The first-order valence-corrected chi connectivity index (χ1v) is 17.7. The van der Waals surface area contributed by atoms with Crippen molar-refractivity contribution in [1.82, 2.24) is 14.8 Å². The van der Waals surface area contributed by atoms with E-state index >= 15 is 0 Å². The van der Waals surface area contributed by atoms with Gasteiger partial charge in [-0.1, -0.05) is 84.0 Å². The van der Waals surface area contributed by atoms with E-state index in [1.54, 1.807) is 4.68 Å². The molecular formula is C37H35BrClN5O3S. The maximum absolute atomic E-state index is 14.3. The molecule has 1 atom stereocenters. The average molecular weight is 745 g/mol. The number of thioether (sulfide) groups is 1. The van der Waals surface area contributed by atoms with Gasteiger partial charge in [-0.25, -0.2) is 4.68 Å². The second kappa shape index (κ2) is 14.9. The Balaban J connectivity index is 1.40. The van der Waals surface area contributed by atoms with E-state index in [1.165, 1.54) is 11.8 Å². The molecule has 11 heteroatoms.